The highest BCUT2D eigenvalue weighted by Gasteiger charge is 2.19. The molecule has 2 aliphatic rings. The molecule has 0 unspecified atom stereocenters. The first-order valence-electron chi connectivity index (χ1n) is 12.9. The third kappa shape index (κ3) is 5.08. The topological polar surface area (TPSA) is 62.0 Å². The van der Waals surface area contributed by atoms with Crippen molar-refractivity contribution in [3.8, 4) is 17.0 Å². The quantitative estimate of drug-likeness (QED) is 0.403. The first-order chi connectivity index (χ1) is 18.2. The molecule has 2 aliphatic heterocycles. The summed E-state index contributed by atoms with van der Waals surface area (Å²) in [7, 11) is 3.81. The number of aromatic nitrogens is 4. The Hall–Kier alpha value is -3.75. The second-order valence-electron chi connectivity index (χ2n) is 9.92. The standard InChI is InChI=1S/C29H33N7O/c1-33-11-8-23(9-12-33)25-17-26(27-7-10-32-36(27)21-25)24-4-5-28(30-19-24)35-15-13-34(14-16-35)20-22-3-6-29(37-2)31-18-22/h3-8,10,17-19,21H,9,11-16,20H2,1-2H3. The number of hydrogen-bond donors (Lipinski definition) is 0. The van der Waals surface area contributed by atoms with Gasteiger partial charge in [-0.2, -0.15) is 5.10 Å². The molecule has 0 aromatic carbocycles. The van der Waals surface area contributed by atoms with Crippen LogP contribution in [0.3, 0.4) is 0 Å². The van der Waals surface area contributed by atoms with Crippen molar-refractivity contribution in [2.24, 2.45) is 0 Å². The van der Waals surface area contributed by atoms with Gasteiger partial charge in [-0.05, 0) is 54.4 Å². The van der Waals surface area contributed by atoms with Crippen LogP contribution in [0.2, 0.25) is 0 Å². The highest BCUT2D eigenvalue weighted by molar-refractivity contribution is 5.83. The fourth-order valence-corrected chi connectivity index (χ4v) is 5.22. The second kappa shape index (κ2) is 10.3. The van der Waals surface area contributed by atoms with Crippen LogP contribution in [0.25, 0.3) is 22.2 Å². The zero-order chi connectivity index (χ0) is 25.2. The molecule has 0 spiro atoms. The monoisotopic (exact) mass is 495 g/mol. The minimum Gasteiger partial charge on any atom is -0.481 e. The SMILES string of the molecule is COc1ccc(CN2CCN(c3ccc(-c4cc(C5=CCN(C)CC5)cn5nccc45)cn3)CC2)cn1. The number of fused-ring (bicyclic) bond motifs is 1. The molecule has 8 nitrogen and oxygen atoms in total. The van der Waals surface area contributed by atoms with Crippen LogP contribution >= 0.6 is 0 Å². The number of hydrogen-bond acceptors (Lipinski definition) is 7. The van der Waals surface area contributed by atoms with E-state index in [4.69, 9.17) is 9.72 Å². The van der Waals surface area contributed by atoms with Gasteiger partial charge in [0, 0.05) is 87.8 Å². The largest absolute Gasteiger partial charge is 0.481 e. The zero-order valence-corrected chi connectivity index (χ0v) is 21.5. The molecule has 190 valence electrons. The van der Waals surface area contributed by atoms with Gasteiger partial charge in [-0.25, -0.2) is 14.5 Å². The molecule has 4 aromatic heterocycles. The molecule has 0 radical (unpaired) electrons. The number of anilines is 1. The third-order valence-electron chi connectivity index (χ3n) is 7.46. The van der Waals surface area contributed by atoms with E-state index in [2.05, 4.69) is 74.4 Å². The Labute approximate surface area is 217 Å². The van der Waals surface area contributed by atoms with Crippen molar-refractivity contribution < 1.29 is 4.74 Å². The van der Waals surface area contributed by atoms with Crippen LogP contribution < -0.4 is 9.64 Å². The lowest BCUT2D eigenvalue weighted by Crippen LogP contribution is -2.46. The minimum absolute atomic E-state index is 0.655. The average molecular weight is 496 g/mol. The Morgan fingerprint density at radius 1 is 0.919 bits per heavy atom. The van der Waals surface area contributed by atoms with Crippen molar-refractivity contribution >= 4 is 16.9 Å². The van der Waals surface area contributed by atoms with Gasteiger partial charge in [-0.1, -0.05) is 12.1 Å². The molecular formula is C29H33N7O. The van der Waals surface area contributed by atoms with Crippen molar-refractivity contribution in [2.45, 2.75) is 13.0 Å². The summed E-state index contributed by atoms with van der Waals surface area (Å²) in [6.45, 7) is 6.89. The van der Waals surface area contributed by atoms with E-state index < -0.39 is 0 Å². The average Bonchev–Trinajstić information content (AvgIpc) is 3.43. The molecule has 4 aromatic rings. The number of rotatable bonds is 6. The maximum atomic E-state index is 5.17. The molecule has 8 heteroatoms. The second-order valence-corrected chi connectivity index (χ2v) is 9.92. The highest BCUT2D eigenvalue weighted by Crippen LogP contribution is 2.31. The number of nitrogens with zero attached hydrogens (tertiary/aromatic N) is 7. The lowest BCUT2D eigenvalue weighted by Gasteiger charge is -2.35. The van der Waals surface area contributed by atoms with Gasteiger partial charge in [-0.15, -0.1) is 0 Å². The van der Waals surface area contributed by atoms with Gasteiger partial charge in [0.25, 0.3) is 0 Å². The van der Waals surface area contributed by atoms with Crippen molar-refractivity contribution in [3.63, 3.8) is 0 Å². The van der Waals surface area contributed by atoms with E-state index in [0.717, 1.165) is 69.1 Å². The van der Waals surface area contributed by atoms with E-state index in [9.17, 15) is 0 Å². The number of pyridine rings is 3. The Bertz CT molecular complexity index is 1390. The summed E-state index contributed by atoms with van der Waals surface area (Å²) in [6.07, 6.45) is 11.3. The highest BCUT2D eigenvalue weighted by atomic mass is 16.5. The fraction of sp³-hybridized carbons (Fsp3) is 0.345. The third-order valence-corrected chi connectivity index (χ3v) is 7.46. The van der Waals surface area contributed by atoms with E-state index in [-0.39, 0.29) is 0 Å². The smallest absolute Gasteiger partial charge is 0.212 e. The predicted octanol–water partition coefficient (Wildman–Crippen LogP) is 3.84. The van der Waals surface area contributed by atoms with Crippen LogP contribution in [0.4, 0.5) is 5.82 Å². The van der Waals surface area contributed by atoms with Crippen LogP contribution in [0.1, 0.15) is 17.5 Å². The summed E-state index contributed by atoms with van der Waals surface area (Å²) >= 11 is 0. The summed E-state index contributed by atoms with van der Waals surface area (Å²) < 4.78 is 7.16. The Morgan fingerprint density at radius 2 is 1.81 bits per heavy atom. The first kappa shape index (κ1) is 23.6. The normalized spacial score (nSPS) is 17.2. The van der Waals surface area contributed by atoms with Crippen molar-refractivity contribution in [1.29, 1.82) is 0 Å². The summed E-state index contributed by atoms with van der Waals surface area (Å²) in [4.78, 5) is 16.4. The fourth-order valence-electron chi connectivity index (χ4n) is 5.22. The van der Waals surface area contributed by atoms with Crippen LogP contribution in [0.5, 0.6) is 5.88 Å². The van der Waals surface area contributed by atoms with Gasteiger partial charge in [-0.3, -0.25) is 4.90 Å². The number of methoxy groups -OCH3 is 1. The van der Waals surface area contributed by atoms with E-state index in [0.29, 0.717) is 5.88 Å². The van der Waals surface area contributed by atoms with Crippen LogP contribution in [0, 0.1) is 0 Å². The Balaban J connectivity index is 1.15. The van der Waals surface area contributed by atoms with E-state index in [1.807, 2.05) is 29.2 Å². The van der Waals surface area contributed by atoms with Gasteiger partial charge in [0.1, 0.15) is 5.82 Å². The first-order valence-corrected chi connectivity index (χ1v) is 12.9. The minimum atomic E-state index is 0.655. The molecular weight excluding hydrogens is 462 g/mol. The van der Waals surface area contributed by atoms with Gasteiger partial charge < -0.3 is 14.5 Å². The molecule has 37 heavy (non-hydrogen) atoms. The predicted molar refractivity (Wildman–Crippen MR) is 147 cm³/mol. The van der Waals surface area contributed by atoms with Crippen molar-refractivity contribution in [3.05, 3.63) is 78.4 Å². The van der Waals surface area contributed by atoms with Crippen LogP contribution in [0.15, 0.2) is 67.3 Å². The lowest BCUT2D eigenvalue weighted by molar-refractivity contribution is 0.249. The lowest BCUT2D eigenvalue weighted by atomic mass is 9.97. The number of ether oxygens (including phenoxy) is 1. The molecule has 0 aliphatic carbocycles. The summed E-state index contributed by atoms with van der Waals surface area (Å²) in [5.41, 5.74) is 7.24. The Kier molecular flexibility index (Phi) is 6.59. The maximum Gasteiger partial charge on any atom is 0.212 e. The Morgan fingerprint density at radius 3 is 2.51 bits per heavy atom. The number of piperazine rings is 1. The van der Waals surface area contributed by atoms with Crippen LogP contribution in [-0.2, 0) is 6.54 Å². The van der Waals surface area contributed by atoms with E-state index in [1.54, 1.807) is 7.11 Å². The molecule has 0 saturated carbocycles. The van der Waals surface area contributed by atoms with Crippen molar-refractivity contribution in [1.82, 2.24) is 29.4 Å². The van der Waals surface area contributed by atoms with Crippen LogP contribution in [-0.4, -0.2) is 82.8 Å². The molecule has 6 rings (SSSR count). The molecule has 1 saturated heterocycles. The molecule has 6 heterocycles. The van der Waals surface area contributed by atoms with Gasteiger partial charge in [0.05, 0.1) is 12.6 Å². The maximum absolute atomic E-state index is 5.17. The molecule has 0 bridgehead atoms. The molecule has 1 fully saturated rings. The van der Waals surface area contributed by atoms with Crippen molar-refractivity contribution in [2.75, 3.05) is 58.3 Å². The molecule has 0 N–H and O–H groups in total. The van der Waals surface area contributed by atoms with E-state index >= 15 is 0 Å². The van der Waals surface area contributed by atoms with Gasteiger partial charge in [0.2, 0.25) is 5.88 Å². The van der Waals surface area contributed by atoms with Gasteiger partial charge in [0.15, 0.2) is 0 Å². The van der Waals surface area contributed by atoms with Gasteiger partial charge >= 0.3 is 0 Å². The zero-order valence-electron chi connectivity index (χ0n) is 21.5. The molecule has 0 amide bonds. The number of likely N-dealkylation sites (N-methyl/N-ethyl adjacent to an activating group) is 1. The van der Waals surface area contributed by atoms with E-state index in [1.165, 1.54) is 22.3 Å². The summed E-state index contributed by atoms with van der Waals surface area (Å²) in [5.74, 6) is 1.69. The summed E-state index contributed by atoms with van der Waals surface area (Å²) in [5, 5.41) is 4.55. The summed E-state index contributed by atoms with van der Waals surface area (Å²) in [6, 6.07) is 12.8. The molecule has 0 atom stereocenters.